The summed E-state index contributed by atoms with van der Waals surface area (Å²) in [6, 6.07) is 7.54. The van der Waals surface area contributed by atoms with Crippen molar-refractivity contribution in [3.8, 4) is 5.75 Å². The topological polar surface area (TPSA) is 50.7 Å². The summed E-state index contributed by atoms with van der Waals surface area (Å²) in [5.74, 6) is 0.704. The summed E-state index contributed by atoms with van der Waals surface area (Å²) in [7, 11) is 0. The Kier molecular flexibility index (Phi) is 8.10. The number of aryl methyl sites for hydroxylation is 1. The van der Waals surface area contributed by atoms with Gasteiger partial charge >= 0.3 is 0 Å². The number of aliphatic hydroxyl groups excluding tert-OH is 1. The minimum absolute atomic E-state index is 0.175. The minimum atomic E-state index is -2.44. The monoisotopic (exact) mass is 289 g/mol. The van der Waals surface area contributed by atoms with Gasteiger partial charge in [0.15, 0.2) is 0 Å². The number of halogens is 2. The van der Waals surface area contributed by atoms with Crippen LogP contribution in [-0.2, 0) is 4.74 Å². The van der Waals surface area contributed by atoms with Crippen molar-refractivity contribution in [1.82, 2.24) is 5.32 Å². The summed E-state index contributed by atoms with van der Waals surface area (Å²) in [6.45, 7) is 2.53. The van der Waals surface area contributed by atoms with E-state index in [2.05, 4.69) is 5.32 Å². The Morgan fingerprint density at radius 1 is 1.20 bits per heavy atom. The summed E-state index contributed by atoms with van der Waals surface area (Å²) in [5, 5.41) is 12.6. The van der Waals surface area contributed by atoms with Gasteiger partial charge in [0.25, 0.3) is 6.43 Å². The molecule has 0 spiro atoms. The number of aliphatic hydroxyl groups is 1. The quantitative estimate of drug-likeness (QED) is 0.643. The van der Waals surface area contributed by atoms with E-state index < -0.39 is 19.1 Å². The predicted octanol–water partition coefficient (Wildman–Crippen LogP) is 1.61. The molecule has 1 rings (SSSR count). The average molecular weight is 289 g/mol. The normalized spacial score (nSPS) is 12.7. The van der Waals surface area contributed by atoms with Crippen molar-refractivity contribution in [2.75, 3.05) is 32.9 Å². The van der Waals surface area contributed by atoms with Gasteiger partial charge in [0.2, 0.25) is 0 Å². The van der Waals surface area contributed by atoms with Crippen molar-refractivity contribution in [3.05, 3.63) is 29.8 Å². The molecule has 0 fully saturated rings. The maximum atomic E-state index is 11.8. The number of hydrogen-bond donors (Lipinski definition) is 2. The standard InChI is InChI=1S/C14H21F2NO3/c1-11-2-4-13(5-3-11)20-9-12(18)8-17-6-7-19-10-14(15)16/h2-5,12,14,17-18H,6-10H2,1H3. The van der Waals surface area contributed by atoms with E-state index in [-0.39, 0.29) is 13.2 Å². The van der Waals surface area contributed by atoms with Gasteiger partial charge in [0.05, 0.1) is 6.61 Å². The SMILES string of the molecule is Cc1ccc(OCC(O)CNCCOCC(F)F)cc1. The Morgan fingerprint density at radius 2 is 1.90 bits per heavy atom. The molecule has 0 heterocycles. The van der Waals surface area contributed by atoms with Gasteiger partial charge in [0.1, 0.15) is 25.1 Å². The van der Waals surface area contributed by atoms with Crippen LogP contribution in [0, 0.1) is 6.92 Å². The van der Waals surface area contributed by atoms with Crippen LogP contribution in [0.5, 0.6) is 5.75 Å². The summed E-state index contributed by atoms with van der Waals surface area (Å²) >= 11 is 0. The summed E-state index contributed by atoms with van der Waals surface area (Å²) in [6.07, 6.45) is -3.10. The maximum Gasteiger partial charge on any atom is 0.261 e. The molecule has 1 atom stereocenters. The van der Waals surface area contributed by atoms with E-state index in [0.29, 0.717) is 18.8 Å². The smallest absolute Gasteiger partial charge is 0.261 e. The average Bonchev–Trinajstić information content (AvgIpc) is 2.41. The Labute approximate surface area is 117 Å². The zero-order valence-corrected chi connectivity index (χ0v) is 11.5. The number of hydrogen-bond acceptors (Lipinski definition) is 4. The highest BCUT2D eigenvalue weighted by atomic mass is 19.3. The first-order chi connectivity index (χ1) is 9.58. The van der Waals surface area contributed by atoms with Gasteiger partial charge in [-0.3, -0.25) is 0 Å². The van der Waals surface area contributed by atoms with Crippen molar-refractivity contribution >= 4 is 0 Å². The molecular weight excluding hydrogens is 268 g/mol. The third-order valence-electron chi connectivity index (χ3n) is 2.51. The van der Waals surface area contributed by atoms with E-state index in [1.807, 2.05) is 31.2 Å². The zero-order valence-electron chi connectivity index (χ0n) is 11.5. The fourth-order valence-electron chi connectivity index (χ4n) is 1.47. The molecule has 6 heteroatoms. The van der Waals surface area contributed by atoms with Gasteiger partial charge in [-0.05, 0) is 19.1 Å². The molecule has 0 amide bonds. The van der Waals surface area contributed by atoms with E-state index in [1.54, 1.807) is 0 Å². The van der Waals surface area contributed by atoms with Gasteiger partial charge < -0.3 is 19.9 Å². The fraction of sp³-hybridized carbons (Fsp3) is 0.571. The van der Waals surface area contributed by atoms with E-state index in [9.17, 15) is 13.9 Å². The molecule has 0 aromatic heterocycles. The van der Waals surface area contributed by atoms with E-state index in [0.717, 1.165) is 5.56 Å². The number of alkyl halides is 2. The number of rotatable bonds is 10. The van der Waals surface area contributed by atoms with E-state index in [4.69, 9.17) is 9.47 Å². The number of benzene rings is 1. The Balaban J connectivity index is 2.03. The van der Waals surface area contributed by atoms with Gasteiger partial charge in [-0.1, -0.05) is 17.7 Å². The largest absolute Gasteiger partial charge is 0.491 e. The molecule has 0 aliphatic carbocycles. The van der Waals surface area contributed by atoms with Crippen LogP contribution >= 0.6 is 0 Å². The van der Waals surface area contributed by atoms with E-state index in [1.165, 1.54) is 0 Å². The molecule has 4 nitrogen and oxygen atoms in total. The molecule has 0 bridgehead atoms. The second kappa shape index (κ2) is 9.63. The lowest BCUT2D eigenvalue weighted by molar-refractivity contribution is 0.0177. The molecule has 1 aromatic carbocycles. The van der Waals surface area contributed by atoms with Crippen molar-refractivity contribution in [3.63, 3.8) is 0 Å². The molecule has 0 aliphatic heterocycles. The second-order valence-corrected chi connectivity index (χ2v) is 4.45. The molecule has 1 aromatic rings. The first kappa shape index (κ1) is 16.8. The van der Waals surface area contributed by atoms with Crippen molar-refractivity contribution < 1.29 is 23.4 Å². The molecule has 0 aliphatic rings. The molecule has 1 unspecified atom stereocenters. The Hall–Kier alpha value is -1.24. The minimum Gasteiger partial charge on any atom is -0.491 e. The number of ether oxygens (including phenoxy) is 2. The molecule has 20 heavy (non-hydrogen) atoms. The zero-order chi connectivity index (χ0) is 14.8. The molecule has 114 valence electrons. The van der Waals surface area contributed by atoms with Crippen LogP contribution in [0.2, 0.25) is 0 Å². The lowest BCUT2D eigenvalue weighted by atomic mass is 10.2. The Morgan fingerprint density at radius 3 is 2.55 bits per heavy atom. The van der Waals surface area contributed by atoms with Gasteiger partial charge in [-0.2, -0.15) is 0 Å². The van der Waals surface area contributed by atoms with Crippen LogP contribution in [0.25, 0.3) is 0 Å². The van der Waals surface area contributed by atoms with Crippen LogP contribution in [0.3, 0.4) is 0 Å². The van der Waals surface area contributed by atoms with Crippen LogP contribution in [0.15, 0.2) is 24.3 Å². The third kappa shape index (κ3) is 8.04. The van der Waals surface area contributed by atoms with Crippen LogP contribution in [0.1, 0.15) is 5.56 Å². The third-order valence-corrected chi connectivity index (χ3v) is 2.51. The molecule has 2 N–H and O–H groups in total. The van der Waals surface area contributed by atoms with Crippen molar-refractivity contribution in [1.29, 1.82) is 0 Å². The molecular formula is C14H21F2NO3. The molecule has 0 radical (unpaired) electrons. The van der Waals surface area contributed by atoms with Gasteiger partial charge in [-0.15, -0.1) is 0 Å². The molecule has 0 saturated carbocycles. The van der Waals surface area contributed by atoms with Crippen molar-refractivity contribution in [2.24, 2.45) is 0 Å². The Bertz CT molecular complexity index is 360. The highest BCUT2D eigenvalue weighted by molar-refractivity contribution is 5.26. The second-order valence-electron chi connectivity index (χ2n) is 4.45. The van der Waals surface area contributed by atoms with Crippen LogP contribution in [-0.4, -0.2) is 50.5 Å². The van der Waals surface area contributed by atoms with Crippen LogP contribution in [0.4, 0.5) is 8.78 Å². The first-order valence-electron chi connectivity index (χ1n) is 6.52. The highest BCUT2D eigenvalue weighted by Gasteiger charge is 2.05. The lowest BCUT2D eigenvalue weighted by Crippen LogP contribution is -2.33. The van der Waals surface area contributed by atoms with Crippen molar-refractivity contribution in [2.45, 2.75) is 19.5 Å². The maximum absolute atomic E-state index is 11.8. The summed E-state index contributed by atoms with van der Waals surface area (Å²) in [5.41, 5.74) is 1.14. The summed E-state index contributed by atoms with van der Waals surface area (Å²) < 4.78 is 33.6. The fourth-order valence-corrected chi connectivity index (χ4v) is 1.47. The van der Waals surface area contributed by atoms with Gasteiger partial charge in [-0.25, -0.2) is 8.78 Å². The van der Waals surface area contributed by atoms with Gasteiger partial charge in [0, 0.05) is 13.1 Å². The summed E-state index contributed by atoms with van der Waals surface area (Å²) in [4.78, 5) is 0. The van der Waals surface area contributed by atoms with Crippen LogP contribution < -0.4 is 10.1 Å². The predicted molar refractivity (Wildman–Crippen MR) is 72.4 cm³/mol. The molecule has 0 saturated heterocycles. The highest BCUT2D eigenvalue weighted by Crippen LogP contribution is 2.11. The number of nitrogens with one attached hydrogen (secondary N) is 1. The lowest BCUT2D eigenvalue weighted by Gasteiger charge is -2.13. The first-order valence-corrected chi connectivity index (χ1v) is 6.52. The van der Waals surface area contributed by atoms with E-state index >= 15 is 0 Å².